The Kier molecular flexibility index (Phi) is 3.20. The van der Waals surface area contributed by atoms with Crippen LogP contribution in [-0.2, 0) is 18.3 Å². The summed E-state index contributed by atoms with van der Waals surface area (Å²) in [7, 11) is -4.59. The minimum atomic E-state index is -4.59. The highest BCUT2D eigenvalue weighted by Crippen LogP contribution is 2.48. The molecule has 0 heterocycles. The molecule has 0 N–H and O–H groups in total. The fraction of sp³-hybridized carbons (Fsp3) is 0. The normalized spacial score (nSPS) is 9.10. The largest absolute Gasteiger partial charge is 0.640 e. The summed E-state index contributed by atoms with van der Waals surface area (Å²) >= 11 is 0. The molecule has 0 aliphatic heterocycles. The summed E-state index contributed by atoms with van der Waals surface area (Å²) in [4.78, 5) is 0. The number of nitriles is 2. The molecule has 8 heteroatoms. The van der Waals surface area contributed by atoms with Gasteiger partial charge in [0.2, 0.25) is 0 Å². The molecule has 0 spiro atoms. The third-order valence-electron chi connectivity index (χ3n) is 0.390. The van der Waals surface area contributed by atoms with Crippen LogP contribution in [-0.4, -0.2) is 0 Å². The minimum absolute atomic E-state index is 0.840. The molecule has 0 atom stereocenters. The third kappa shape index (κ3) is 2.31. The van der Waals surface area contributed by atoms with Crippen molar-refractivity contribution in [2.24, 2.45) is 0 Å². The Morgan fingerprint density at radius 3 is 1.90 bits per heavy atom. The van der Waals surface area contributed by atoms with Crippen molar-refractivity contribution in [3.63, 3.8) is 0 Å². The van der Waals surface area contributed by atoms with E-state index in [0.717, 1.165) is 12.5 Å². The lowest BCUT2D eigenvalue weighted by molar-refractivity contribution is -0.0394. The van der Waals surface area contributed by atoms with Gasteiger partial charge in [-0.1, -0.05) is 4.73 Å². The molecule has 0 rings (SSSR count). The van der Waals surface area contributed by atoms with Crippen molar-refractivity contribution < 1.29 is 22.9 Å². The van der Waals surface area contributed by atoms with Gasteiger partial charge in [-0.25, -0.2) is 4.57 Å². The van der Waals surface area contributed by atoms with Crippen LogP contribution in [0.4, 0.5) is 4.53 Å². The summed E-state index contributed by atoms with van der Waals surface area (Å²) in [5.74, 6) is 0. The van der Waals surface area contributed by atoms with Gasteiger partial charge in [0.15, 0.2) is 0 Å². The van der Waals surface area contributed by atoms with Gasteiger partial charge in [0, 0.05) is 0 Å². The van der Waals surface area contributed by atoms with Crippen molar-refractivity contribution in [3.05, 3.63) is 0 Å². The minimum Gasteiger partial charge on any atom is -0.316 e. The number of hydrogen-bond acceptors (Lipinski definition) is 6. The van der Waals surface area contributed by atoms with Gasteiger partial charge in [-0.3, -0.25) is 0 Å². The van der Waals surface area contributed by atoms with Crippen molar-refractivity contribution in [2.75, 3.05) is 0 Å². The molecule has 0 aliphatic rings. The lowest BCUT2D eigenvalue weighted by Crippen LogP contribution is -1.85. The second kappa shape index (κ2) is 3.67. The van der Waals surface area contributed by atoms with E-state index in [1.54, 1.807) is 0 Å². The van der Waals surface area contributed by atoms with E-state index in [0.29, 0.717) is 0 Å². The first kappa shape index (κ1) is 8.70. The Morgan fingerprint density at radius 2 is 1.70 bits per heavy atom. The monoisotopic (exact) mass is 166 g/mol. The number of phosphoric acid groups is 1. The fourth-order valence-electron chi connectivity index (χ4n) is 0.147. The van der Waals surface area contributed by atoms with E-state index < -0.39 is 7.82 Å². The van der Waals surface area contributed by atoms with Crippen LogP contribution in [0.5, 0.6) is 0 Å². The Hall–Kier alpha value is -1.30. The molecule has 0 aliphatic carbocycles. The topological polar surface area (TPSA) is 92.3 Å². The molecule has 10 heavy (non-hydrogen) atoms. The van der Waals surface area contributed by atoms with Gasteiger partial charge >= 0.3 is 7.82 Å². The van der Waals surface area contributed by atoms with E-state index in [-0.39, 0.29) is 0 Å². The van der Waals surface area contributed by atoms with Gasteiger partial charge in [-0.15, -0.1) is 10.5 Å². The summed E-state index contributed by atoms with van der Waals surface area (Å²) in [6, 6.07) is 0. The Labute approximate surface area is 54.8 Å². The Morgan fingerprint density at radius 1 is 1.30 bits per heavy atom. The molecule has 0 aromatic carbocycles. The standard InChI is InChI=1S/C2FN2O4P/c3-9-10(6,7-1-4)8-2-5. The number of hydrogen-bond donors (Lipinski definition) is 0. The number of rotatable bonds is 3. The smallest absolute Gasteiger partial charge is 0.316 e. The Balaban J connectivity index is 4.16. The molecule has 0 aromatic heterocycles. The van der Waals surface area contributed by atoms with Crippen LogP contribution < -0.4 is 0 Å². The summed E-state index contributed by atoms with van der Waals surface area (Å²) < 4.78 is 30.9. The lowest BCUT2D eigenvalue weighted by atomic mass is 11.6. The van der Waals surface area contributed by atoms with Crippen molar-refractivity contribution >= 4 is 7.82 Å². The van der Waals surface area contributed by atoms with Crippen LogP contribution in [0, 0.1) is 23.0 Å². The number of halogens is 1. The average molecular weight is 166 g/mol. The number of nitrogens with zero attached hydrogens (tertiary/aromatic N) is 2. The van der Waals surface area contributed by atoms with Gasteiger partial charge in [-0.2, -0.15) is 0 Å². The summed E-state index contributed by atoms with van der Waals surface area (Å²) in [5, 5.41) is 15.4. The zero-order chi connectivity index (χ0) is 8.04. The molecule has 0 saturated carbocycles. The second-order valence-corrected chi connectivity index (χ2v) is 2.28. The second-order valence-electron chi connectivity index (χ2n) is 0.881. The zero-order valence-electron chi connectivity index (χ0n) is 4.35. The molecule has 6 nitrogen and oxygen atoms in total. The van der Waals surface area contributed by atoms with Gasteiger partial charge in [-0.05, 0) is 4.53 Å². The third-order valence-corrected chi connectivity index (χ3v) is 1.17. The molecule has 0 fully saturated rings. The van der Waals surface area contributed by atoms with E-state index in [1.165, 1.54) is 0 Å². The maximum absolute atomic E-state index is 11.1. The molecular weight excluding hydrogens is 166 g/mol. The van der Waals surface area contributed by atoms with Crippen LogP contribution >= 0.6 is 7.82 Å². The summed E-state index contributed by atoms with van der Waals surface area (Å²) in [5.41, 5.74) is 0. The van der Waals surface area contributed by atoms with Crippen molar-refractivity contribution in [1.82, 2.24) is 0 Å². The SMILES string of the molecule is N#COP(=O)(OF)OC#N. The predicted molar refractivity (Wildman–Crippen MR) is 23.2 cm³/mol. The molecule has 0 amide bonds. The average Bonchev–Trinajstić information content (AvgIpc) is 1.89. The zero-order valence-corrected chi connectivity index (χ0v) is 5.25. The first-order chi connectivity index (χ1) is 4.68. The highest BCUT2D eigenvalue weighted by molar-refractivity contribution is 7.48. The molecule has 0 unspecified atom stereocenters. The maximum Gasteiger partial charge on any atom is 0.640 e. The van der Waals surface area contributed by atoms with Crippen LogP contribution in [0.1, 0.15) is 0 Å². The van der Waals surface area contributed by atoms with Gasteiger partial charge < -0.3 is 9.05 Å². The first-order valence-corrected chi connectivity index (χ1v) is 3.20. The molecule has 0 aromatic rings. The van der Waals surface area contributed by atoms with Crippen LogP contribution in [0.15, 0.2) is 0 Å². The van der Waals surface area contributed by atoms with E-state index in [1.807, 2.05) is 0 Å². The number of phosphoric ester groups is 1. The van der Waals surface area contributed by atoms with E-state index in [4.69, 9.17) is 10.5 Å². The van der Waals surface area contributed by atoms with Crippen molar-refractivity contribution in [1.29, 1.82) is 10.5 Å². The predicted octanol–water partition coefficient (Wildman–Crippen LogP) is 0.991. The first-order valence-electron chi connectivity index (χ1n) is 1.74. The molecule has 0 radical (unpaired) electrons. The van der Waals surface area contributed by atoms with E-state index >= 15 is 0 Å². The summed E-state index contributed by atoms with van der Waals surface area (Å²) in [6.45, 7) is 0. The quantitative estimate of drug-likeness (QED) is 0.458. The van der Waals surface area contributed by atoms with E-state index in [2.05, 4.69) is 13.8 Å². The van der Waals surface area contributed by atoms with Crippen molar-refractivity contribution in [3.8, 4) is 12.5 Å². The van der Waals surface area contributed by atoms with Crippen molar-refractivity contribution in [2.45, 2.75) is 0 Å². The molecular formula is C2FN2O4P. The molecule has 54 valence electrons. The van der Waals surface area contributed by atoms with Gasteiger partial charge in [0.1, 0.15) is 0 Å². The highest BCUT2D eigenvalue weighted by atomic mass is 31.2. The highest BCUT2D eigenvalue weighted by Gasteiger charge is 2.31. The van der Waals surface area contributed by atoms with Crippen LogP contribution in [0.3, 0.4) is 0 Å². The van der Waals surface area contributed by atoms with Gasteiger partial charge in [0.05, 0.1) is 0 Å². The van der Waals surface area contributed by atoms with Crippen LogP contribution in [0.2, 0.25) is 0 Å². The molecule has 0 bridgehead atoms. The maximum atomic E-state index is 11.1. The Bertz CT molecular complexity index is 208. The molecule has 0 saturated heterocycles. The van der Waals surface area contributed by atoms with Crippen LogP contribution in [0.25, 0.3) is 0 Å². The lowest BCUT2D eigenvalue weighted by Gasteiger charge is -2.00. The summed E-state index contributed by atoms with van der Waals surface area (Å²) in [6.07, 6.45) is 1.68. The van der Waals surface area contributed by atoms with E-state index in [9.17, 15) is 9.09 Å². The fourth-order valence-corrected chi connectivity index (χ4v) is 0.440. The van der Waals surface area contributed by atoms with Gasteiger partial charge in [0.25, 0.3) is 12.5 Å².